The van der Waals surface area contributed by atoms with Crippen molar-refractivity contribution < 1.29 is 14.3 Å². The predicted molar refractivity (Wildman–Crippen MR) is 52.7 cm³/mol. The van der Waals surface area contributed by atoms with Gasteiger partial charge in [-0.2, -0.15) is 0 Å². The van der Waals surface area contributed by atoms with E-state index in [1.807, 2.05) is 0 Å². The third-order valence-corrected chi connectivity index (χ3v) is 2.78. The number of carbonyl (C=O) groups excluding carboxylic acids is 1. The predicted octanol–water partition coefficient (Wildman–Crippen LogP) is 0.692. The highest BCUT2D eigenvalue weighted by atomic mass is 16.5. The number of methoxy groups -OCH3 is 1. The second kappa shape index (κ2) is 4.28. The minimum Gasteiger partial charge on any atom is -0.468 e. The van der Waals surface area contributed by atoms with Gasteiger partial charge in [0.1, 0.15) is 5.54 Å². The number of ether oxygens (including phenoxy) is 2. The number of esters is 1. The molecule has 2 N–H and O–H groups in total. The fourth-order valence-electron chi connectivity index (χ4n) is 1.73. The summed E-state index contributed by atoms with van der Waals surface area (Å²) in [5, 5.41) is 0. The first kappa shape index (κ1) is 11.5. The Balaban J connectivity index is 2.67. The molecule has 1 fully saturated rings. The average molecular weight is 201 g/mol. The van der Waals surface area contributed by atoms with E-state index in [4.69, 9.17) is 15.2 Å². The molecule has 82 valence electrons. The van der Waals surface area contributed by atoms with Crippen molar-refractivity contribution >= 4 is 5.97 Å². The molecule has 14 heavy (non-hydrogen) atoms. The zero-order valence-electron chi connectivity index (χ0n) is 9.08. The summed E-state index contributed by atoms with van der Waals surface area (Å²) in [5.74, 6) is 0.0503. The molecule has 0 radical (unpaired) electrons. The lowest BCUT2D eigenvalue weighted by Gasteiger charge is -2.37. The Morgan fingerprint density at radius 1 is 1.64 bits per heavy atom. The van der Waals surface area contributed by atoms with Crippen LogP contribution in [0, 0.1) is 5.92 Å². The van der Waals surface area contributed by atoms with Gasteiger partial charge >= 0.3 is 5.97 Å². The Morgan fingerprint density at radius 3 is 2.79 bits per heavy atom. The van der Waals surface area contributed by atoms with Gasteiger partial charge in [-0.05, 0) is 12.3 Å². The lowest BCUT2D eigenvalue weighted by Crippen LogP contribution is -2.55. The van der Waals surface area contributed by atoms with Gasteiger partial charge in [-0.15, -0.1) is 0 Å². The third-order valence-electron chi connectivity index (χ3n) is 2.78. The van der Waals surface area contributed by atoms with Crippen LogP contribution in [0.4, 0.5) is 0 Å². The Morgan fingerprint density at radius 2 is 2.29 bits per heavy atom. The number of hydrogen-bond acceptors (Lipinski definition) is 4. The van der Waals surface area contributed by atoms with E-state index in [2.05, 4.69) is 13.8 Å². The van der Waals surface area contributed by atoms with Gasteiger partial charge in [-0.25, -0.2) is 0 Å². The van der Waals surface area contributed by atoms with Crippen molar-refractivity contribution in [2.75, 3.05) is 13.7 Å². The van der Waals surface area contributed by atoms with Crippen molar-refractivity contribution in [3.8, 4) is 0 Å². The highest BCUT2D eigenvalue weighted by molar-refractivity contribution is 5.80. The smallest absolute Gasteiger partial charge is 0.326 e. The van der Waals surface area contributed by atoms with E-state index in [1.54, 1.807) is 0 Å². The molecule has 0 aliphatic carbocycles. The summed E-state index contributed by atoms with van der Waals surface area (Å²) in [6.45, 7) is 4.66. The maximum Gasteiger partial charge on any atom is 0.326 e. The molecule has 0 aromatic heterocycles. The zero-order chi connectivity index (χ0) is 10.8. The molecule has 0 spiro atoms. The van der Waals surface area contributed by atoms with Crippen LogP contribution >= 0.6 is 0 Å². The van der Waals surface area contributed by atoms with Gasteiger partial charge < -0.3 is 15.2 Å². The second-order valence-electron chi connectivity index (χ2n) is 4.26. The van der Waals surface area contributed by atoms with E-state index < -0.39 is 5.54 Å². The van der Waals surface area contributed by atoms with Crippen LogP contribution in [0.1, 0.15) is 26.7 Å². The molecule has 1 aliphatic rings. The van der Waals surface area contributed by atoms with Gasteiger partial charge in [0.25, 0.3) is 0 Å². The molecule has 1 rings (SSSR count). The largest absolute Gasteiger partial charge is 0.468 e. The number of rotatable bonds is 2. The second-order valence-corrected chi connectivity index (χ2v) is 4.26. The van der Waals surface area contributed by atoms with Crippen molar-refractivity contribution in [3.05, 3.63) is 0 Å². The van der Waals surface area contributed by atoms with Gasteiger partial charge in [-0.1, -0.05) is 13.8 Å². The quantitative estimate of drug-likeness (QED) is 0.668. The summed E-state index contributed by atoms with van der Waals surface area (Å²) in [5.41, 5.74) is 5.14. The minimum atomic E-state index is -0.845. The Bertz CT molecular complexity index is 217. The van der Waals surface area contributed by atoms with Crippen LogP contribution in [0.5, 0.6) is 0 Å². The van der Waals surface area contributed by atoms with Crippen molar-refractivity contribution in [1.29, 1.82) is 0 Å². The summed E-state index contributed by atoms with van der Waals surface area (Å²) in [4.78, 5) is 11.5. The summed E-state index contributed by atoms with van der Waals surface area (Å²) < 4.78 is 10.2. The molecule has 0 amide bonds. The third kappa shape index (κ3) is 2.25. The molecule has 0 aromatic carbocycles. The lowest BCUT2D eigenvalue weighted by molar-refractivity contribution is -0.154. The first-order valence-electron chi connectivity index (χ1n) is 4.98. The van der Waals surface area contributed by atoms with Gasteiger partial charge in [-0.3, -0.25) is 4.79 Å². The monoisotopic (exact) mass is 201 g/mol. The number of carbonyl (C=O) groups is 1. The van der Waals surface area contributed by atoms with Gasteiger partial charge in [0.2, 0.25) is 0 Å². The average Bonchev–Trinajstić information content (AvgIpc) is 2.16. The maximum atomic E-state index is 11.5. The van der Waals surface area contributed by atoms with Crippen LogP contribution in [-0.4, -0.2) is 31.3 Å². The van der Waals surface area contributed by atoms with Crippen molar-refractivity contribution in [2.45, 2.75) is 38.3 Å². The van der Waals surface area contributed by atoms with Crippen LogP contribution < -0.4 is 5.73 Å². The molecule has 1 saturated heterocycles. The van der Waals surface area contributed by atoms with Gasteiger partial charge in [0, 0.05) is 13.0 Å². The topological polar surface area (TPSA) is 61.5 Å². The van der Waals surface area contributed by atoms with Gasteiger partial charge in [0.15, 0.2) is 0 Å². The zero-order valence-corrected chi connectivity index (χ0v) is 9.08. The van der Waals surface area contributed by atoms with Crippen LogP contribution in [0.25, 0.3) is 0 Å². The number of hydrogen-bond donors (Lipinski definition) is 1. The molecule has 1 aliphatic heterocycles. The van der Waals surface area contributed by atoms with E-state index >= 15 is 0 Å². The van der Waals surface area contributed by atoms with Crippen LogP contribution in [0.2, 0.25) is 0 Å². The molecular weight excluding hydrogens is 182 g/mol. The highest BCUT2D eigenvalue weighted by Gasteiger charge is 2.41. The molecule has 0 aromatic rings. The SMILES string of the molecule is COC(=O)C1(N)CCOC(C(C)C)C1. The molecule has 1 heterocycles. The van der Waals surface area contributed by atoms with E-state index in [9.17, 15) is 4.79 Å². The van der Waals surface area contributed by atoms with Crippen LogP contribution in [0.15, 0.2) is 0 Å². The molecule has 4 heteroatoms. The van der Waals surface area contributed by atoms with E-state index in [0.29, 0.717) is 25.4 Å². The van der Waals surface area contributed by atoms with Crippen molar-refractivity contribution in [1.82, 2.24) is 0 Å². The Labute approximate surface area is 84.7 Å². The highest BCUT2D eigenvalue weighted by Crippen LogP contribution is 2.27. The normalized spacial score (nSPS) is 33.1. The molecule has 4 nitrogen and oxygen atoms in total. The molecule has 0 saturated carbocycles. The van der Waals surface area contributed by atoms with E-state index in [0.717, 1.165) is 0 Å². The first-order valence-corrected chi connectivity index (χ1v) is 4.98. The van der Waals surface area contributed by atoms with Crippen molar-refractivity contribution in [3.63, 3.8) is 0 Å². The standard InChI is InChI=1S/C10H19NO3/c1-7(2)8-6-10(11,4-5-14-8)9(12)13-3/h7-8H,4-6,11H2,1-3H3. The summed E-state index contributed by atoms with van der Waals surface area (Å²) >= 11 is 0. The van der Waals surface area contributed by atoms with Crippen molar-refractivity contribution in [2.24, 2.45) is 11.7 Å². The van der Waals surface area contributed by atoms with E-state index in [-0.39, 0.29) is 12.1 Å². The fourth-order valence-corrected chi connectivity index (χ4v) is 1.73. The fraction of sp³-hybridized carbons (Fsp3) is 0.900. The van der Waals surface area contributed by atoms with E-state index in [1.165, 1.54) is 7.11 Å². The first-order chi connectivity index (χ1) is 6.49. The van der Waals surface area contributed by atoms with Gasteiger partial charge in [0.05, 0.1) is 13.2 Å². The summed E-state index contributed by atoms with van der Waals surface area (Å²) in [6, 6.07) is 0. The molecule has 2 atom stereocenters. The molecular formula is C10H19NO3. The molecule has 0 bridgehead atoms. The Kier molecular flexibility index (Phi) is 3.50. The summed E-state index contributed by atoms with van der Waals surface area (Å²) in [6.07, 6.45) is 1.16. The van der Waals surface area contributed by atoms with Crippen LogP contribution in [-0.2, 0) is 14.3 Å². The summed E-state index contributed by atoms with van der Waals surface area (Å²) in [7, 11) is 1.37. The minimum absolute atomic E-state index is 0.0628. The maximum absolute atomic E-state index is 11.5. The molecule has 2 unspecified atom stereocenters. The number of nitrogens with two attached hydrogens (primary N) is 1. The lowest BCUT2D eigenvalue weighted by atomic mass is 9.84. The Hall–Kier alpha value is -0.610. The van der Waals surface area contributed by atoms with Crippen LogP contribution in [0.3, 0.4) is 0 Å².